The molecule has 36 heavy (non-hydrogen) atoms. The number of pyridine rings is 1. The van der Waals surface area contributed by atoms with Crippen LogP contribution in [0.2, 0.25) is 0 Å². The molecule has 1 heterocycles. The first-order valence-electron chi connectivity index (χ1n) is 11.8. The molecule has 3 rings (SSSR count). The molecule has 2 N–H and O–H groups in total. The fraction of sp³-hybridized carbons (Fsp3) is 0.286. The maximum atomic E-state index is 13.6. The fourth-order valence-corrected chi connectivity index (χ4v) is 3.69. The summed E-state index contributed by atoms with van der Waals surface area (Å²) in [6.07, 6.45) is 1.42. The van der Waals surface area contributed by atoms with Crippen LogP contribution in [0, 0.1) is 6.92 Å². The average molecular weight is 489 g/mol. The lowest BCUT2D eigenvalue weighted by molar-refractivity contribution is -0.127. The third-order valence-corrected chi connectivity index (χ3v) is 5.45. The van der Waals surface area contributed by atoms with Gasteiger partial charge in [0.05, 0.1) is 7.11 Å². The van der Waals surface area contributed by atoms with E-state index in [1.54, 1.807) is 55.8 Å². The minimum Gasteiger partial charge on any atom is -0.497 e. The van der Waals surface area contributed by atoms with Crippen molar-refractivity contribution in [2.45, 2.75) is 45.7 Å². The van der Waals surface area contributed by atoms with E-state index in [0.717, 1.165) is 5.56 Å². The molecule has 1 atom stereocenters. The Morgan fingerprint density at radius 3 is 2.22 bits per heavy atom. The Morgan fingerprint density at radius 1 is 0.944 bits per heavy atom. The van der Waals surface area contributed by atoms with Crippen molar-refractivity contribution in [3.63, 3.8) is 0 Å². The summed E-state index contributed by atoms with van der Waals surface area (Å²) in [5, 5.41) is 5.63. The number of methoxy groups -OCH3 is 1. The van der Waals surface area contributed by atoms with Gasteiger partial charge in [0.25, 0.3) is 0 Å². The molecule has 0 aliphatic carbocycles. The highest BCUT2D eigenvalue weighted by molar-refractivity contribution is 6.03. The standard InChI is InChI=1S/C28H32N4O4/c1-19(2)30-28(35)27(21-10-8-20(3)9-11-21)32(22-12-14-23(36-4)15-13-22)26(34)17-16-25(33)31-24-7-5-6-18-29-24/h5-15,18-19,27H,16-17H2,1-4H3,(H,30,35)(H,29,31,33)/t27-/m0/s1. The van der Waals surface area contributed by atoms with Crippen molar-refractivity contribution in [3.05, 3.63) is 84.1 Å². The average Bonchev–Trinajstić information content (AvgIpc) is 2.87. The number of anilines is 2. The van der Waals surface area contributed by atoms with Crippen LogP contribution < -0.4 is 20.3 Å². The van der Waals surface area contributed by atoms with Crippen molar-refractivity contribution in [2.24, 2.45) is 0 Å². The Labute approximate surface area is 211 Å². The molecule has 3 aromatic rings. The van der Waals surface area contributed by atoms with Crippen LogP contribution in [0.15, 0.2) is 72.9 Å². The summed E-state index contributed by atoms with van der Waals surface area (Å²) < 4.78 is 5.26. The van der Waals surface area contributed by atoms with Gasteiger partial charge >= 0.3 is 0 Å². The first kappa shape index (κ1) is 26.4. The van der Waals surface area contributed by atoms with Gasteiger partial charge in [-0.15, -0.1) is 0 Å². The summed E-state index contributed by atoms with van der Waals surface area (Å²) in [7, 11) is 1.56. The zero-order chi connectivity index (χ0) is 26.1. The summed E-state index contributed by atoms with van der Waals surface area (Å²) in [4.78, 5) is 45.1. The third kappa shape index (κ3) is 7.15. The number of amides is 3. The predicted octanol–water partition coefficient (Wildman–Crippen LogP) is 4.42. The second-order valence-electron chi connectivity index (χ2n) is 8.70. The number of hydrogen-bond donors (Lipinski definition) is 2. The van der Waals surface area contributed by atoms with Gasteiger partial charge in [0, 0.05) is 30.8 Å². The lowest BCUT2D eigenvalue weighted by Gasteiger charge is -2.32. The molecule has 0 fully saturated rings. The van der Waals surface area contributed by atoms with Crippen molar-refractivity contribution in [2.75, 3.05) is 17.3 Å². The van der Waals surface area contributed by atoms with Crippen LogP contribution in [-0.4, -0.2) is 35.9 Å². The number of nitrogens with zero attached hydrogens (tertiary/aromatic N) is 2. The topological polar surface area (TPSA) is 101 Å². The Morgan fingerprint density at radius 2 is 1.64 bits per heavy atom. The number of carbonyl (C=O) groups is 3. The summed E-state index contributed by atoms with van der Waals surface area (Å²) in [5.74, 6) is 0.0298. The van der Waals surface area contributed by atoms with Crippen LogP contribution in [0.1, 0.15) is 43.9 Å². The second kappa shape index (κ2) is 12.5. The number of nitrogens with one attached hydrogen (secondary N) is 2. The summed E-state index contributed by atoms with van der Waals surface area (Å²) in [6, 6.07) is 18.6. The van der Waals surface area contributed by atoms with Gasteiger partial charge < -0.3 is 15.4 Å². The number of benzene rings is 2. The van der Waals surface area contributed by atoms with E-state index in [-0.39, 0.29) is 36.6 Å². The van der Waals surface area contributed by atoms with E-state index in [4.69, 9.17) is 4.74 Å². The summed E-state index contributed by atoms with van der Waals surface area (Å²) in [5.41, 5.74) is 2.23. The molecule has 8 nitrogen and oxygen atoms in total. The monoisotopic (exact) mass is 488 g/mol. The summed E-state index contributed by atoms with van der Waals surface area (Å²) >= 11 is 0. The van der Waals surface area contributed by atoms with E-state index in [1.807, 2.05) is 45.0 Å². The molecule has 0 saturated carbocycles. The largest absolute Gasteiger partial charge is 0.497 e. The van der Waals surface area contributed by atoms with Gasteiger partial charge in [-0.3, -0.25) is 19.3 Å². The third-order valence-electron chi connectivity index (χ3n) is 5.45. The number of hydrogen-bond acceptors (Lipinski definition) is 5. The van der Waals surface area contributed by atoms with Crippen LogP contribution in [0.3, 0.4) is 0 Å². The highest BCUT2D eigenvalue weighted by atomic mass is 16.5. The Bertz CT molecular complexity index is 1160. The molecule has 2 aromatic carbocycles. The highest BCUT2D eigenvalue weighted by Gasteiger charge is 2.33. The zero-order valence-electron chi connectivity index (χ0n) is 21.0. The van der Waals surface area contributed by atoms with Gasteiger partial charge in [-0.05, 0) is 62.7 Å². The smallest absolute Gasteiger partial charge is 0.248 e. The second-order valence-corrected chi connectivity index (χ2v) is 8.70. The Balaban J connectivity index is 1.93. The molecule has 0 saturated heterocycles. The van der Waals surface area contributed by atoms with E-state index in [9.17, 15) is 14.4 Å². The lowest BCUT2D eigenvalue weighted by atomic mass is 10.0. The van der Waals surface area contributed by atoms with E-state index in [2.05, 4.69) is 15.6 Å². The van der Waals surface area contributed by atoms with Crippen molar-refractivity contribution >= 4 is 29.2 Å². The highest BCUT2D eigenvalue weighted by Crippen LogP contribution is 2.31. The van der Waals surface area contributed by atoms with Crippen LogP contribution in [0.5, 0.6) is 5.75 Å². The van der Waals surface area contributed by atoms with Gasteiger partial charge in [-0.1, -0.05) is 35.9 Å². The SMILES string of the molecule is COc1ccc(N(C(=O)CCC(=O)Nc2ccccn2)[C@H](C(=O)NC(C)C)c2ccc(C)cc2)cc1. The molecular formula is C28H32N4O4. The number of rotatable bonds is 10. The molecule has 0 unspecified atom stereocenters. The van der Waals surface area contributed by atoms with E-state index < -0.39 is 6.04 Å². The van der Waals surface area contributed by atoms with Gasteiger partial charge in [-0.25, -0.2) is 4.98 Å². The van der Waals surface area contributed by atoms with E-state index in [0.29, 0.717) is 22.8 Å². The molecule has 8 heteroatoms. The molecular weight excluding hydrogens is 456 g/mol. The predicted molar refractivity (Wildman–Crippen MR) is 140 cm³/mol. The van der Waals surface area contributed by atoms with Crippen LogP contribution >= 0.6 is 0 Å². The minimum absolute atomic E-state index is 0.0610. The minimum atomic E-state index is -0.923. The normalized spacial score (nSPS) is 11.5. The lowest BCUT2D eigenvalue weighted by Crippen LogP contribution is -2.46. The van der Waals surface area contributed by atoms with E-state index in [1.165, 1.54) is 4.90 Å². The Kier molecular flexibility index (Phi) is 9.16. The number of aromatic nitrogens is 1. The van der Waals surface area contributed by atoms with Gasteiger partial charge in [0.1, 0.15) is 17.6 Å². The van der Waals surface area contributed by atoms with Crippen molar-refractivity contribution in [1.29, 1.82) is 0 Å². The molecule has 0 radical (unpaired) electrons. The molecule has 3 amide bonds. The van der Waals surface area contributed by atoms with E-state index >= 15 is 0 Å². The molecule has 0 aliphatic rings. The summed E-state index contributed by atoms with van der Waals surface area (Å²) in [6.45, 7) is 5.69. The van der Waals surface area contributed by atoms with Crippen molar-refractivity contribution in [1.82, 2.24) is 10.3 Å². The van der Waals surface area contributed by atoms with Gasteiger partial charge in [0.15, 0.2) is 0 Å². The molecule has 1 aromatic heterocycles. The Hall–Kier alpha value is -4.20. The van der Waals surface area contributed by atoms with Crippen molar-refractivity contribution < 1.29 is 19.1 Å². The number of ether oxygens (including phenoxy) is 1. The van der Waals surface area contributed by atoms with Gasteiger partial charge in [0.2, 0.25) is 17.7 Å². The van der Waals surface area contributed by atoms with Crippen molar-refractivity contribution in [3.8, 4) is 5.75 Å². The number of aryl methyl sites for hydroxylation is 1. The number of carbonyl (C=O) groups excluding carboxylic acids is 3. The quantitative estimate of drug-likeness (QED) is 0.440. The van der Waals surface area contributed by atoms with Crippen LogP contribution in [-0.2, 0) is 14.4 Å². The maximum absolute atomic E-state index is 13.6. The maximum Gasteiger partial charge on any atom is 0.248 e. The zero-order valence-corrected chi connectivity index (χ0v) is 21.0. The van der Waals surface area contributed by atoms with Crippen LogP contribution in [0.4, 0.5) is 11.5 Å². The molecule has 0 bridgehead atoms. The first-order chi connectivity index (χ1) is 17.3. The van der Waals surface area contributed by atoms with Crippen LogP contribution in [0.25, 0.3) is 0 Å². The molecule has 0 spiro atoms. The fourth-order valence-electron chi connectivity index (χ4n) is 3.69. The molecule has 0 aliphatic heterocycles. The molecule has 188 valence electrons. The van der Waals surface area contributed by atoms with Gasteiger partial charge in [-0.2, -0.15) is 0 Å². The first-order valence-corrected chi connectivity index (χ1v) is 11.8.